The SMILES string of the molecule is CCCCCNC(=O)NC=C1CCOCC1. The van der Waals surface area contributed by atoms with E-state index < -0.39 is 0 Å². The van der Waals surface area contributed by atoms with Crippen molar-refractivity contribution >= 4 is 6.03 Å². The first kappa shape index (κ1) is 13.0. The van der Waals surface area contributed by atoms with E-state index in [0.29, 0.717) is 0 Å². The van der Waals surface area contributed by atoms with Crippen LogP contribution in [0.3, 0.4) is 0 Å². The average molecular weight is 226 g/mol. The van der Waals surface area contributed by atoms with E-state index in [1.807, 2.05) is 6.20 Å². The Hall–Kier alpha value is -1.03. The Morgan fingerprint density at radius 1 is 1.38 bits per heavy atom. The first-order valence-electron chi connectivity index (χ1n) is 6.13. The highest BCUT2D eigenvalue weighted by molar-refractivity contribution is 5.74. The quantitative estimate of drug-likeness (QED) is 0.706. The summed E-state index contributed by atoms with van der Waals surface area (Å²) < 4.78 is 5.23. The molecule has 0 aromatic carbocycles. The van der Waals surface area contributed by atoms with Crippen molar-refractivity contribution in [1.82, 2.24) is 10.6 Å². The van der Waals surface area contributed by atoms with Gasteiger partial charge in [-0.3, -0.25) is 0 Å². The lowest BCUT2D eigenvalue weighted by Gasteiger charge is -2.14. The van der Waals surface area contributed by atoms with Crippen molar-refractivity contribution in [2.75, 3.05) is 19.8 Å². The minimum absolute atomic E-state index is 0.102. The Balaban J connectivity index is 2.08. The average Bonchev–Trinajstić information content (AvgIpc) is 2.33. The summed E-state index contributed by atoms with van der Waals surface area (Å²) in [5.74, 6) is 0. The predicted molar refractivity (Wildman–Crippen MR) is 64.2 cm³/mol. The Kier molecular flexibility index (Phi) is 6.65. The molecule has 0 aromatic heterocycles. The Labute approximate surface area is 97.4 Å². The van der Waals surface area contributed by atoms with Crippen molar-refractivity contribution in [3.8, 4) is 0 Å². The molecule has 4 heteroatoms. The minimum Gasteiger partial charge on any atom is -0.381 e. The van der Waals surface area contributed by atoms with Crippen molar-refractivity contribution in [2.45, 2.75) is 39.0 Å². The van der Waals surface area contributed by atoms with Crippen molar-refractivity contribution in [3.63, 3.8) is 0 Å². The Bertz CT molecular complexity index is 231. The fourth-order valence-electron chi connectivity index (χ4n) is 1.57. The third-order valence-corrected chi connectivity index (χ3v) is 2.61. The fraction of sp³-hybridized carbons (Fsp3) is 0.750. The van der Waals surface area contributed by atoms with Gasteiger partial charge in [-0.1, -0.05) is 19.8 Å². The highest BCUT2D eigenvalue weighted by Crippen LogP contribution is 2.11. The highest BCUT2D eigenvalue weighted by atomic mass is 16.5. The maximum absolute atomic E-state index is 11.4. The summed E-state index contributed by atoms with van der Waals surface area (Å²) in [7, 11) is 0. The molecule has 0 aliphatic carbocycles. The number of unbranched alkanes of at least 4 members (excludes halogenated alkanes) is 2. The lowest BCUT2D eigenvalue weighted by Crippen LogP contribution is -2.33. The van der Waals surface area contributed by atoms with Gasteiger partial charge in [0.1, 0.15) is 0 Å². The highest BCUT2D eigenvalue weighted by Gasteiger charge is 2.05. The summed E-state index contributed by atoms with van der Waals surface area (Å²) in [5, 5.41) is 5.59. The molecular formula is C12H22N2O2. The van der Waals surface area contributed by atoms with Crippen LogP contribution in [0.15, 0.2) is 11.8 Å². The van der Waals surface area contributed by atoms with Gasteiger partial charge in [0.05, 0.1) is 13.2 Å². The molecule has 2 amide bonds. The summed E-state index contributed by atoms with van der Waals surface area (Å²) in [6.45, 7) is 4.44. The van der Waals surface area contributed by atoms with Gasteiger partial charge in [0.2, 0.25) is 0 Å². The number of rotatable bonds is 5. The van der Waals surface area contributed by atoms with Gasteiger partial charge in [-0.2, -0.15) is 0 Å². The number of hydrogen-bond donors (Lipinski definition) is 2. The zero-order valence-electron chi connectivity index (χ0n) is 10.1. The van der Waals surface area contributed by atoms with Crippen LogP contribution in [-0.2, 0) is 4.74 Å². The fourth-order valence-corrected chi connectivity index (χ4v) is 1.57. The second-order valence-corrected chi connectivity index (χ2v) is 4.02. The number of carbonyl (C=O) groups is 1. The summed E-state index contributed by atoms with van der Waals surface area (Å²) in [4.78, 5) is 11.4. The normalized spacial score (nSPS) is 15.7. The van der Waals surface area contributed by atoms with Crippen LogP contribution in [0.25, 0.3) is 0 Å². The van der Waals surface area contributed by atoms with Crippen LogP contribution in [0.1, 0.15) is 39.0 Å². The van der Waals surface area contributed by atoms with Crippen LogP contribution < -0.4 is 10.6 Å². The van der Waals surface area contributed by atoms with Gasteiger partial charge < -0.3 is 15.4 Å². The Morgan fingerprint density at radius 3 is 2.81 bits per heavy atom. The van der Waals surface area contributed by atoms with E-state index in [-0.39, 0.29) is 6.03 Å². The molecule has 0 aromatic rings. The summed E-state index contributed by atoms with van der Waals surface area (Å²) >= 11 is 0. The first-order valence-corrected chi connectivity index (χ1v) is 6.13. The minimum atomic E-state index is -0.102. The van der Waals surface area contributed by atoms with Crippen LogP contribution in [0.5, 0.6) is 0 Å². The number of amides is 2. The second-order valence-electron chi connectivity index (χ2n) is 4.02. The van der Waals surface area contributed by atoms with E-state index in [2.05, 4.69) is 17.6 Å². The van der Waals surface area contributed by atoms with Gasteiger partial charge in [-0.15, -0.1) is 0 Å². The molecule has 2 N–H and O–H groups in total. The largest absolute Gasteiger partial charge is 0.381 e. The maximum Gasteiger partial charge on any atom is 0.318 e. The number of nitrogens with one attached hydrogen (secondary N) is 2. The lowest BCUT2D eigenvalue weighted by atomic mass is 10.1. The van der Waals surface area contributed by atoms with Crippen molar-refractivity contribution in [2.24, 2.45) is 0 Å². The zero-order chi connectivity index (χ0) is 11.6. The third-order valence-electron chi connectivity index (χ3n) is 2.61. The summed E-state index contributed by atoms with van der Waals surface area (Å²) in [6.07, 6.45) is 7.06. The monoisotopic (exact) mass is 226 g/mol. The molecule has 1 fully saturated rings. The van der Waals surface area contributed by atoms with Crippen molar-refractivity contribution in [1.29, 1.82) is 0 Å². The molecule has 0 bridgehead atoms. The standard InChI is InChI=1S/C12H22N2O2/c1-2-3-4-7-13-12(15)14-10-11-5-8-16-9-6-11/h10H,2-9H2,1H3,(H2,13,14,15). The molecule has 1 aliphatic heterocycles. The van der Waals surface area contributed by atoms with E-state index >= 15 is 0 Å². The van der Waals surface area contributed by atoms with Gasteiger partial charge >= 0.3 is 6.03 Å². The van der Waals surface area contributed by atoms with E-state index in [4.69, 9.17) is 4.74 Å². The Morgan fingerprint density at radius 2 is 2.12 bits per heavy atom. The van der Waals surface area contributed by atoms with E-state index in [1.165, 1.54) is 18.4 Å². The van der Waals surface area contributed by atoms with Crippen LogP contribution >= 0.6 is 0 Å². The van der Waals surface area contributed by atoms with Gasteiger partial charge in [-0.05, 0) is 24.8 Å². The maximum atomic E-state index is 11.4. The summed E-state index contributed by atoms with van der Waals surface area (Å²) in [5.41, 5.74) is 1.26. The van der Waals surface area contributed by atoms with Crippen LogP contribution in [0, 0.1) is 0 Å². The number of hydrogen-bond acceptors (Lipinski definition) is 2. The molecule has 1 rings (SSSR count). The molecule has 1 heterocycles. The van der Waals surface area contributed by atoms with Crippen molar-refractivity contribution < 1.29 is 9.53 Å². The van der Waals surface area contributed by atoms with E-state index in [1.54, 1.807) is 0 Å². The zero-order valence-corrected chi connectivity index (χ0v) is 10.1. The molecular weight excluding hydrogens is 204 g/mol. The smallest absolute Gasteiger partial charge is 0.318 e. The number of urea groups is 1. The van der Waals surface area contributed by atoms with Crippen LogP contribution in [-0.4, -0.2) is 25.8 Å². The van der Waals surface area contributed by atoms with Gasteiger partial charge in [0.15, 0.2) is 0 Å². The summed E-state index contributed by atoms with van der Waals surface area (Å²) in [6, 6.07) is -0.102. The molecule has 0 saturated carbocycles. The topological polar surface area (TPSA) is 50.4 Å². The lowest BCUT2D eigenvalue weighted by molar-refractivity contribution is 0.119. The van der Waals surface area contributed by atoms with Crippen LogP contribution in [0.2, 0.25) is 0 Å². The molecule has 0 radical (unpaired) electrons. The van der Waals surface area contributed by atoms with Crippen molar-refractivity contribution in [3.05, 3.63) is 11.8 Å². The van der Waals surface area contributed by atoms with Gasteiger partial charge in [0.25, 0.3) is 0 Å². The van der Waals surface area contributed by atoms with Crippen LogP contribution in [0.4, 0.5) is 4.79 Å². The van der Waals surface area contributed by atoms with E-state index in [0.717, 1.165) is 39.0 Å². The third kappa shape index (κ3) is 5.75. The number of ether oxygens (including phenoxy) is 1. The van der Waals surface area contributed by atoms with E-state index in [9.17, 15) is 4.79 Å². The number of carbonyl (C=O) groups excluding carboxylic acids is 1. The second kappa shape index (κ2) is 8.16. The molecule has 1 aliphatic rings. The first-order chi connectivity index (χ1) is 7.83. The molecule has 0 unspecified atom stereocenters. The molecule has 4 nitrogen and oxygen atoms in total. The molecule has 0 spiro atoms. The van der Waals surface area contributed by atoms with Gasteiger partial charge in [-0.25, -0.2) is 4.79 Å². The van der Waals surface area contributed by atoms with Gasteiger partial charge in [0, 0.05) is 12.7 Å². The predicted octanol–water partition coefficient (Wildman–Crippen LogP) is 2.17. The molecule has 0 atom stereocenters. The molecule has 92 valence electrons. The molecule has 16 heavy (non-hydrogen) atoms. The molecule has 1 saturated heterocycles.